The Balaban J connectivity index is 1.84. The summed E-state index contributed by atoms with van der Waals surface area (Å²) in [6, 6.07) is 1.05. The minimum atomic E-state index is 0.351. The summed E-state index contributed by atoms with van der Waals surface area (Å²) in [7, 11) is 0. The van der Waals surface area contributed by atoms with Gasteiger partial charge >= 0.3 is 0 Å². The molecule has 4 heteroatoms. The topological polar surface area (TPSA) is 35.6 Å². The molecule has 0 saturated carbocycles. The first-order valence-electron chi connectivity index (χ1n) is 6.92. The van der Waals surface area contributed by atoms with Crippen LogP contribution in [0.2, 0.25) is 0 Å². The van der Waals surface area contributed by atoms with E-state index in [2.05, 4.69) is 24.1 Å². The van der Waals surface area contributed by atoms with Crippen LogP contribution in [0.4, 0.5) is 0 Å². The molecule has 17 heavy (non-hydrogen) atoms. The summed E-state index contributed by atoms with van der Waals surface area (Å²) in [4.78, 5) is 16.7. The number of hydrogen-bond acceptors (Lipinski definition) is 3. The van der Waals surface area contributed by atoms with E-state index in [1.165, 1.54) is 12.8 Å². The number of carbonyl (C=O) groups excluding carboxylic acids is 1. The third-order valence-electron chi connectivity index (χ3n) is 3.97. The summed E-state index contributed by atoms with van der Waals surface area (Å²) in [5, 5.41) is 3.29. The molecule has 4 nitrogen and oxygen atoms in total. The quantitative estimate of drug-likeness (QED) is 0.787. The Morgan fingerprint density at radius 2 is 2.00 bits per heavy atom. The standard InChI is InChI=1S/C13H25N3O/c1-11(2)16-7-3-4-12(16)10-13(17)15-8-5-14-6-9-15/h11-12,14H,3-10H2,1-2H3. The predicted octanol–water partition coefficient (Wildman–Crippen LogP) is 0.681. The normalized spacial score (nSPS) is 26.8. The molecule has 0 bridgehead atoms. The third-order valence-corrected chi connectivity index (χ3v) is 3.97. The molecule has 0 aliphatic carbocycles. The van der Waals surface area contributed by atoms with E-state index in [9.17, 15) is 4.79 Å². The zero-order chi connectivity index (χ0) is 12.3. The second-order valence-corrected chi connectivity index (χ2v) is 5.46. The maximum absolute atomic E-state index is 12.2. The van der Waals surface area contributed by atoms with Crippen molar-refractivity contribution in [3.63, 3.8) is 0 Å². The van der Waals surface area contributed by atoms with Crippen molar-refractivity contribution >= 4 is 5.91 Å². The predicted molar refractivity (Wildman–Crippen MR) is 68.9 cm³/mol. The molecule has 0 aromatic carbocycles. The van der Waals surface area contributed by atoms with Gasteiger partial charge in [-0.3, -0.25) is 9.69 Å². The number of amides is 1. The zero-order valence-electron chi connectivity index (χ0n) is 11.1. The lowest BCUT2D eigenvalue weighted by molar-refractivity contribution is -0.133. The third kappa shape index (κ3) is 3.19. The molecule has 2 saturated heterocycles. The van der Waals surface area contributed by atoms with Gasteiger partial charge in [0.25, 0.3) is 0 Å². The van der Waals surface area contributed by atoms with E-state index in [0.717, 1.165) is 39.1 Å². The van der Waals surface area contributed by atoms with Gasteiger partial charge < -0.3 is 10.2 Å². The number of hydrogen-bond donors (Lipinski definition) is 1. The van der Waals surface area contributed by atoms with Crippen molar-refractivity contribution in [3.05, 3.63) is 0 Å². The van der Waals surface area contributed by atoms with Crippen LogP contribution in [-0.4, -0.2) is 60.5 Å². The fraction of sp³-hybridized carbons (Fsp3) is 0.923. The van der Waals surface area contributed by atoms with Gasteiger partial charge in [-0.2, -0.15) is 0 Å². The molecule has 98 valence electrons. The molecule has 0 spiro atoms. The molecule has 2 aliphatic heterocycles. The van der Waals surface area contributed by atoms with E-state index in [0.29, 0.717) is 18.0 Å². The van der Waals surface area contributed by atoms with Gasteiger partial charge in [0.2, 0.25) is 5.91 Å². The number of rotatable bonds is 3. The number of piperazine rings is 1. The number of likely N-dealkylation sites (tertiary alicyclic amines) is 1. The number of nitrogens with zero attached hydrogens (tertiary/aromatic N) is 2. The van der Waals surface area contributed by atoms with Crippen molar-refractivity contribution < 1.29 is 4.79 Å². The SMILES string of the molecule is CC(C)N1CCCC1CC(=O)N1CCNCC1. The zero-order valence-corrected chi connectivity index (χ0v) is 11.1. The Bertz CT molecular complexity index is 261. The molecular formula is C13H25N3O. The molecule has 2 rings (SSSR count). The van der Waals surface area contributed by atoms with E-state index in [4.69, 9.17) is 0 Å². The molecule has 0 radical (unpaired) electrons. The smallest absolute Gasteiger partial charge is 0.224 e. The average molecular weight is 239 g/mol. The summed E-state index contributed by atoms with van der Waals surface area (Å²) in [5.41, 5.74) is 0. The molecule has 0 aromatic rings. The van der Waals surface area contributed by atoms with Crippen molar-refractivity contribution in [1.29, 1.82) is 0 Å². The van der Waals surface area contributed by atoms with Crippen LogP contribution in [0.25, 0.3) is 0 Å². The summed E-state index contributed by atoms with van der Waals surface area (Å²) < 4.78 is 0. The highest BCUT2D eigenvalue weighted by Crippen LogP contribution is 2.23. The van der Waals surface area contributed by atoms with Gasteiger partial charge in [0.1, 0.15) is 0 Å². The lowest BCUT2D eigenvalue weighted by Gasteiger charge is -2.32. The van der Waals surface area contributed by atoms with Crippen LogP contribution in [0.15, 0.2) is 0 Å². The lowest BCUT2D eigenvalue weighted by atomic mass is 10.1. The van der Waals surface area contributed by atoms with Crippen LogP contribution >= 0.6 is 0 Å². The van der Waals surface area contributed by atoms with Gasteiger partial charge in [-0.15, -0.1) is 0 Å². The second kappa shape index (κ2) is 5.83. The minimum Gasteiger partial charge on any atom is -0.340 e. The molecule has 1 atom stereocenters. The highest BCUT2D eigenvalue weighted by molar-refractivity contribution is 5.77. The Morgan fingerprint density at radius 3 is 2.65 bits per heavy atom. The van der Waals surface area contributed by atoms with Crippen LogP contribution in [0.5, 0.6) is 0 Å². The molecule has 2 aliphatic rings. The molecule has 1 amide bonds. The number of carbonyl (C=O) groups is 1. The highest BCUT2D eigenvalue weighted by Gasteiger charge is 2.29. The average Bonchev–Trinajstić information content (AvgIpc) is 2.78. The molecule has 2 heterocycles. The molecule has 0 aromatic heterocycles. The summed E-state index contributed by atoms with van der Waals surface area (Å²) in [6.07, 6.45) is 3.16. The second-order valence-electron chi connectivity index (χ2n) is 5.46. The van der Waals surface area contributed by atoms with Gasteiger partial charge in [-0.1, -0.05) is 0 Å². The molecule has 2 fully saturated rings. The molecule has 1 N–H and O–H groups in total. The highest BCUT2D eigenvalue weighted by atomic mass is 16.2. The first-order valence-corrected chi connectivity index (χ1v) is 6.92. The van der Waals surface area contributed by atoms with Crippen molar-refractivity contribution in [2.45, 2.75) is 45.2 Å². The molecular weight excluding hydrogens is 214 g/mol. The van der Waals surface area contributed by atoms with E-state index >= 15 is 0 Å². The largest absolute Gasteiger partial charge is 0.340 e. The van der Waals surface area contributed by atoms with Gasteiger partial charge in [0.05, 0.1) is 0 Å². The van der Waals surface area contributed by atoms with Gasteiger partial charge in [-0.05, 0) is 33.2 Å². The van der Waals surface area contributed by atoms with Gasteiger partial charge in [0.15, 0.2) is 0 Å². The number of nitrogens with one attached hydrogen (secondary N) is 1. The van der Waals surface area contributed by atoms with E-state index in [-0.39, 0.29) is 0 Å². The van der Waals surface area contributed by atoms with Crippen molar-refractivity contribution in [2.75, 3.05) is 32.7 Å². The van der Waals surface area contributed by atoms with Crippen LogP contribution in [0.3, 0.4) is 0 Å². The summed E-state index contributed by atoms with van der Waals surface area (Å²) in [5.74, 6) is 0.351. The van der Waals surface area contributed by atoms with Gasteiger partial charge in [-0.25, -0.2) is 0 Å². The maximum Gasteiger partial charge on any atom is 0.224 e. The Hall–Kier alpha value is -0.610. The minimum absolute atomic E-state index is 0.351. The van der Waals surface area contributed by atoms with Crippen LogP contribution in [-0.2, 0) is 4.79 Å². The summed E-state index contributed by atoms with van der Waals surface area (Å²) >= 11 is 0. The van der Waals surface area contributed by atoms with Crippen LogP contribution in [0.1, 0.15) is 33.1 Å². The lowest BCUT2D eigenvalue weighted by Crippen LogP contribution is -2.48. The fourth-order valence-corrected chi connectivity index (χ4v) is 3.00. The summed E-state index contributed by atoms with van der Waals surface area (Å²) in [6.45, 7) is 9.29. The monoisotopic (exact) mass is 239 g/mol. The first kappa shape index (κ1) is 12.8. The van der Waals surface area contributed by atoms with Crippen molar-refractivity contribution in [3.8, 4) is 0 Å². The van der Waals surface area contributed by atoms with E-state index in [1.807, 2.05) is 4.90 Å². The fourth-order valence-electron chi connectivity index (χ4n) is 3.00. The maximum atomic E-state index is 12.2. The van der Waals surface area contributed by atoms with E-state index < -0.39 is 0 Å². The Kier molecular flexibility index (Phi) is 4.40. The van der Waals surface area contributed by atoms with Crippen molar-refractivity contribution in [1.82, 2.24) is 15.1 Å². The first-order chi connectivity index (χ1) is 8.18. The van der Waals surface area contributed by atoms with Crippen LogP contribution in [0, 0.1) is 0 Å². The molecule has 1 unspecified atom stereocenters. The Morgan fingerprint density at radius 1 is 1.29 bits per heavy atom. The Labute approximate surface area is 104 Å². The van der Waals surface area contributed by atoms with Gasteiger partial charge in [0, 0.05) is 44.7 Å². The van der Waals surface area contributed by atoms with Crippen molar-refractivity contribution in [2.24, 2.45) is 0 Å². The van der Waals surface area contributed by atoms with E-state index in [1.54, 1.807) is 0 Å². The van der Waals surface area contributed by atoms with Crippen LogP contribution < -0.4 is 5.32 Å².